The van der Waals surface area contributed by atoms with Gasteiger partial charge in [0.05, 0.1) is 24.1 Å². The van der Waals surface area contributed by atoms with Gasteiger partial charge in [-0.2, -0.15) is 4.72 Å². The molecule has 3 N–H and O–H groups in total. The van der Waals surface area contributed by atoms with E-state index in [9.17, 15) is 13.2 Å². The summed E-state index contributed by atoms with van der Waals surface area (Å²) in [4.78, 5) is 11.2. The van der Waals surface area contributed by atoms with Crippen LogP contribution in [0.1, 0.15) is 13.3 Å². The molecule has 0 fully saturated rings. The van der Waals surface area contributed by atoms with Crippen LogP contribution in [0.25, 0.3) is 0 Å². The first kappa shape index (κ1) is 14.6. The maximum atomic E-state index is 11.8. The van der Waals surface area contributed by atoms with Crippen LogP contribution in [-0.2, 0) is 19.6 Å². The minimum absolute atomic E-state index is 0.101. The Balaban J connectivity index is 2.64. The van der Waals surface area contributed by atoms with Crippen LogP contribution in [0.5, 0.6) is 0 Å². The number of carbonyl (C=O) groups is 1. The number of hydrogen-bond donors (Lipinski definition) is 2. The molecule has 0 bridgehead atoms. The zero-order valence-corrected chi connectivity index (χ0v) is 10.8. The molecule has 100 valence electrons. The first-order valence-electron chi connectivity index (χ1n) is 5.44. The molecular weight excluding hydrogens is 256 g/mol. The molecule has 0 unspecified atom stereocenters. The van der Waals surface area contributed by atoms with Crippen molar-refractivity contribution in [2.45, 2.75) is 24.4 Å². The van der Waals surface area contributed by atoms with E-state index in [1.54, 1.807) is 25.1 Å². The average Bonchev–Trinajstić information content (AvgIpc) is 2.29. The zero-order chi connectivity index (χ0) is 13.6. The Kier molecular flexibility index (Phi) is 5.26. The van der Waals surface area contributed by atoms with Gasteiger partial charge in [0.25, 0.3) is 0 Å². The van der Waals surface area contributed by atoms with Crippen LogP contribution in [0, 0.1) is 0 Å². The van der Waals surface area contributed by atoms with E-state index in [-0.39, 0.29) is 17.9 Å². The van der Waals surface area contributed by atoms with E-state index in [4.69, 9.17) is 5.73 Å². The van der Waals surface area contributed by atoms with Crippen molar-refractivity contribution in [2.24, 2.45) is 5.73 Å². The molecule has 0 aliphatic carbocycles. The normalized spacial score (nSPS) is 13.0. The molecule has 0 saturated carbocycles. The minimum Gasteiger partial charge on any atom is -0.466 e. The van der Waals surface area contributed by atoms with Gasteiger partial charge in [0, 0.05) is 0 Å². The van der Waals surface area contributed by atoms with E-state index in [2.05, 4.69) is 9.46 Å². The lowest BCUT2D eigenvalue weighted by molar-refractivity contribution is -0.143. The highest BCUT2D eigenvalue weighted by atomic mass is 32.2. The van der Waals surface area contributed by atoms with E-state index in [1.807, 2.05) is 0 Å². The standard InChI is InChI=1S/C11H16N2O4S/c1-2-17-11(14)8-10(12)13-18(15,16)9-6-4-3-5-7-9/h3-7,10,13H,2,8,12H2,1H3/t10-/m0/s1. The van der Waals surface area contributed by atoms with E-state index < -0.39 is 22.2 Å². The quantitative estimate of drug-likeness (QED) is 0.569. The number of carbonyl (C=O) groups excluding carboxylic acids is 1. The summed E-state index contributed by atoms with van der Waals surface area (Å²) < 4.78 is 30.6. The lowest BCUT2D eigenvalue weighted by Gasteiger charge is -2.13. The van der Waals surface area contributed by atoms with Gasteiger partial charge < -0.3 is 10.5 Å². The van der Waals surface area contributed by atoms with Crippen molar-refractivity contribution in [3.05, 3.63) is 30.3 Å². The predicted molar refractivity (Wildman–Crippen MR) is 66.0 cm³/mol. The van der Waals surface area contributed by atoms with Gasteiger partial charge in [-0.1, -0.05) is 18.2 Å². The minimum atomic E-state index is -3.70. The third-order valence-corrected chi connectivity index (χ3v) is 3.56. The third-order valence-electron chi connectivity index (χ3n) is 2.05. The van der Waals surface area contributed by atoms with Gasteiger partial charge in [-0.25, -0.2) is 8.42 Å². The Morgan fingerprint density at radius 1 is 1.39 bits per heavy atom. The Labute approximate surface area is 106 Å². The first-order chi connectivity index (χ1) is 8.45. The smallest absolute Gasteiger partial charge is 0.308 e. The monoisotopic (exact) mass is 272 g/mol. The third kappa shape index (κ3) is 4.44. The molecule has 0 saturated heterocycles. The molecule has 1 rings (SSSR count). The lowest BCUT2D eigenvalue weighted by atomic mass is 10.4. The summed E-state index contributed by atoms with van der Waals surface area (Å²) in [6.07, 6.45) is -1.21. The molecule has 1 aromatic carbocycles. The molecule has 18 heavy (non-hydrogen) atoms. The van der Waals surface area contributed by atoms with Gasteiger partial charge >= 0.3 is 5.97 Å². The van der Waals surface area contributed by atoms with Crippen LogP contribution >= 0.6 is 0 Å². The molecule has 0 amide bonds. The van der Waals surface area contributed by atoms with Crippen LogP contribution in [0.4, 0.5) is 0 Å². The van der Waals surface area contributed by atoms with Gasteiger partial charge in [-0.3, -0.25) is 4.79 Å². The van der Waals surface area contributed by atoms with Gasteiger partial charge in [0.1, 0.15) is 0 Å². The number of sulfonamides is 1. The summed E-state index contributed by atoms with van der Waals surface area (Å²) in [5, 5.41) is 0. The molecule has 0 spiro atoms. The van der Waals surface area contributed by atoms with E-state index in [0.29, 0.717) is 0 Å². The predicted octanol–water partition coefficient (Wildman–Crippen LogP) is 0.203. The number of nitrogens with two attached hydrogens (primary N) is 1. The van der Waals surface area contributed by atoms with Crippen molar-refractivity contribution in [1.29, 1.82) is 0 Å². The van der Waals surface area contributed by atoms with Crippen LogP contribution < -0.4 is 10.5 Å². The SMILES string of the molecule is CCOC(=O)C[C@@H](N)NS(=O)(=O)c1ccccc1. The van der Waals surface area contributed by atoms with Crippen LogP contribution in [0.2, 0.25) is 0 Å². The van der Waals surface area contributed by atoms with E-state index >= 15 is 0 Å². The fraction of sp³-hybridized carbons (Fsp3) is 0.364. The van der Waals surface area contributed by atoms with Crippen LogP contribution in [0.15, 0.2) is 35.2 Å². The van der Waals surface area contributed by atoms with Crippen LogP contribution in [-0.4, -0.2) is 27.2 Å². The maximum absolute atomic E-state index is 11.8. The Morgan fingerprint density at radius 2 is 2.00 bits per heavy atom. The lowest BCUT2D eigenvalue weighted by Crippen LogP contribution is -2.43. The highest BCUT2D eigenvalue weighted by Gasteiger charge is 2.19. The van der Waals surface area contributed by atoms with Gasteiger partial charge in [0.15, 0.2) is 0 Å². The Hall–Kier alpha value is -1.44. The van der Waals surface area contributed by atoms with Crippen molar-refractivity contribution in [2.75, 3.05) is 6.61 Å². The molecule has 0 aliphatic heterocycles. The van der Waals surface area contributed by atoms with Crippen molar-refractivity contribution in [3.8, 4) is 0 Å². The summed E-state index contributed by atoms with van der Waals surface area (Å²) in [6, 6.07) is 7.80. The molecular formula is C11H16N2O4S. The fourth-order valence-electron chi connectivity index (χ4n) is 1.31. The number of esters is 1. The van der Waals surface area contributed by atoms with E-state index in [0.717, 1.165) is 0 Å². The number of benzene rings is 1. The molecule has 0 heterocycles. The topological polar surface area (TPSA) is 98.5 Å². The van der Waals surface area contributed by atoms with Gasteiger partial charge in [0.2, 0.25) is 10.0 Å². The van der Waals surface area contributed by atoms with Gasteiger partial charge in [-0.05, 0) is 19.1 Å². The molecule has 6 nitrogen and oxygen atoms in total. The maximum Gasteiger partial charge on any atom is 0.308 e. The van der Waals surface area contributed by atoms with Crippen molar-refractivity contribution in [3.63, 3.8) is 0 Å². The molecule has 0 aromatic heterocycles. The highest BCUT2D eigenvalue weighted by molar-refractivity contribution is 7.89. The number of ether oxygens (including phenoxy) is 1. The first-order valence-corrected chi connectivity index (χ1v) is 6.92. The summed E-state index contributed by atoms with van der Waals surface area (Å²) in [7, 11) is -3.70. The second-order valence-electron chi connectivity index (χ2n) is 3.55. The number of nitrogens with one attached hydrogen (secondary N) is 1. The van der Waals surface area contributed by atoms with Crippen LogP contribution in [0.3, 0.4) is 0 Å². The van der Waals surface area contributed by atoms with Gasteiger partial charge in [-0.15, -0.1) is 0 Å². The largest absolute Gasteiger partial charge is 0.466 e. The summed E-state index contributed by atoms with van der Waals surface area (Å²) >= 11 is 0. The Morgan fingerprint density at radius 3 is 2.56 bits per heavy atom. The molecule has 7 heteroatoms. The Bertz CT molecular complexity index is 487. The number of hydrogen-bond acceptors (Lipinski definition) is 5. The fourth-order valence-corrected chi connectivity index (χ4v) is 2.44. The highest BCUT2D eigenvalue weighted by Crippen LogP contribution is 2.07. The molecule has 1 atom stereocenters. The molecule has 0 aliphatic rings. The molecule has 0 radical (unpaired) electrons. The van der Waals surface area contributed by atoms with Crippen molar-refractivity contribution in [1.82, 2.24) is 4.72 Å². The second-order valence-corrected chi connectivity index (χ2v) is 5.26. The van der Waals surface area contributed by atoms with Crippen molar-refractivity contribution >= 4 is 16.0 Å². The number of rotatable bonds is 6. The molecule has 1 aromatic rings. The summed E-state index contributed by atoms with van der Waals surface area (Å²) in [6.45, 7) is 1.90. The van der Waals surface area contributed by atoms with E-state index in [1.165, 1.54) is 12.1 Å². The second kappa shape index (κ2) is 6.48. The summed E-state index contributed by atoms with van der Waals surface area (Å²) in [5.41, 5.74) is 5.54. The zero-order valence-electron chi connectivity index (χ0n) is 10.00. The van der Waals surface area contributed by atoms with Crippen molar-refractivity contribution < 1.29 is 17.9 Å². The average molecular weight is 272 g/mol. The summed E-state index contributed by atoms with van der Waals surface area (Å²) in [5.74, 6) is -0.541.